The van der Waals surface area contributed by atoms with Gasteiger partial charge in [0, 0.05) is 35.9 Å². The summed E-state index contributed by atoms with van der Waals surface area (Å²) in [5.74, 6) is 0.495. The topological polar surface area (TPSA) is 80.6 Å². The maximum Gasteiger partial charge on any atom is 0.247 e. The number of nitrogens with one attached hydrogen (secondary N) is 1. The van der Waals surface area contributed by atoms with Crippen molar-refractivity contribution in [2.45, 2.75) is 71.8 Å². The van der Waals surface area contributed by atoms with E-state index in [2.05, 4.69) is 12.2 Å². The third-order valence-corrected chi connectivity index (χ3v) is 7.87. The predicted molar refractivity (Wildman–Crippen MR) is 150 cm³/mol. The monoisotopic (exact) mass is 530 g/mol. The van der Waals surface area contributed by atoms with Crippen LogP contribution in [0, 0.1) is 19.7 Å². The summed E-state index contributed by atoms with van der Waals surface area (Å²) in [6.07, 6.45) is 5.72. The number of likely N-dealkylation sites (N-methyl/N-ethyl adjacent to an activating group) is 1. The van der Waals surface area contributed by atoms with E-state index in [1.807, 2.05) is 23.8 Å². The molecular formula is C32H35FN2O4. The maximum atomic E-state index is 14.0. The second-order valence-electron chi connectivity index (χ2n) is 11.6. The molecule has 7 heteroatoms. The van der Waals surface area contributed by atoms with E-state index in [4.69, 9.17) is 4.74 Å². The Labute approximate surface area is 228 Å². The van der Waals surface area contributed by atoms with Crippen LogP contribution in [-0.4, -0.2) is 22.1 Å². The second kappa shape index (κ2) is 9.49. The highest BCUT2D eigenvalue weighted by atomic mass is 19.1. The van der Waals surface area contributed by atoms with E-state index in [1.165, 1.54) is 12.1 Å². The van der Waals surface area contributed by atoms with E-state index >= 15 is 0 Å². The van der Waals surface area contributed by atoms with Crippen molar-refractivity contribution in [3.05, 3.63) is 91.7 Å². The number of aliphatic hydroxyl groups is 1. The zero-order valence-corrected chi connectivity index (χ0v) is 23.4. The number of ether oxygens (including phenoxy) is 1. The van der Waals surface area contributed by atoms with Crippen LogP contribution >= 0.6 is 0 Å². The number of nitrogens with zero attached hydrogens (tertiary/aromatic N) is 1. The van der Waals surface area contributed by atoms with Gasteiger partial charge in [-0.2, -0.15) is 0 Å². The van der Waals surface area contributed by atoms with Crippen molar-refractivity contribution < 1.29 is 19.0 Å². The van der Waals surface area contributed by atoms with Crippen molar-refractivity contribution in [3.8, 4) is 17.2 Å². The Morgan fingerprint density at radius 3 is 2.44 bits per heavy atom. The Hall–Kier alpha value is -3.71. The van der Waals surface area contributed by atoms with Gasteiger partial charge in [0.05, 0.1) is 17.0 Å². The van der Waals surface area contributed by atoms with Crippen LogP contribution in [0.2, 0.25) is 0 Å². The van der Waals surface area contributed by atoms with Gasteiger partial charge in [0.15, 0.2) is 11.2 Å². The van der Waals surface area contributed by atoms with Gasteiger partial charge in [-0.25, -0.2) is 4.39 Å². The number of aromatic nitrogens is 1. The van der Waals surface area contributed by atoms with Crippen LogP contribution in [-0.2, 0) is 22.2 Å². The van der Waals surface area contributed by atoms with Gasteiger partial charge in [0.1, 0.15) is 11.6 Å². The van der Waals surface area contributed by atoms with Crippen LogP contribution in [0.25, 0.3) is 11.8 Å². The molecule has 0 bridgehead atoms. The van der Waals surface area contributed by atoms with Crippen molar-refractivity contribution >= 4 is 12.0 Å². The number of hydrogen-bond acceptors (Lipinski definition) is 4. The van der Waals surface area contributed by atoms with Crippen molar-refractivity contribution in [1.82, 2.24) is 9.88 Å². The summed E-state index contributed by atoms with van der Waals surface area (Å²) in [6, 6.07) is 8.30. The largest absolute Gasteiger partial charge is 0.455 e. The molecule has 3 aromatic rings. The van der Waals surface area contributed by atoms with Gasteiger partial charge in [0.25, 0.3) is 0 Å². The number of aryl methyl sites for hydroxylation is 2. The van der Waals surface area contributed by atoms with Crippen LogP contribution in [0.3, 0.4) is 0 Å². The molecule has 0 aliphatic heterocycles. The lowest BCUT2D eigenvalue weighted by atomic mass is 9.95. The van der Waals surface area contributed by atoms with Gasteiger partial charge in [-0.1, -0.05) is 13.0 Å². The Balaban J connectivity index is 1.77. The molecule has 204 valence electrons. The van der Waals surface area contributed by atoms with Crippen LogP contribution in [0.1, 0.15) is 74.0 Å². The van der Waals surface area contributed by atoms with Crippen LogP contribution in [0.5, 0.6) is 11.5 Å². The molecule has 1 saturated carbocycles. The summed E-state index contributed by atoms with van der Waals surface area (Å²) in [5.41, 5.74) is 3.65. The van der Waals surface area contributed by atoms with E-state index in [9.17, 15) is 19.1 Å². The van der Waals surface area contributed by atoms with Crippen molar-refractivity contribution in [1.29, 1.82) is 0 Å². The van der Waals surface area contributed by atoms with Crippen LogP contribution in [0.4, 0.5) is 4.39 Å². The lowest BCUT2D eigenvalue weighted by molar-refractivity contribution is -0.117. The highest BCUT2D eigenvalue weighted by Gasteiger charge is 2.43. The molecule has 0 unspecified atom stereocenters. The summed E-state index contributed by atoms with van der Waals surface area (Å²) in [6.45, 7) is 11.4. The molecule has 6 nitrogen and oxygen atoms in total. The number of fused-ring (bicyclic) bond motifs is 1. The third-order valence-electron chi connectivity index (χ3n) is 7.87. The number of hydrogen-bond donors (Lipinski definition) is 2. The van der Waals surface area contributed by atoms with Gasteiger partial charge in [-0.05, 0) is 99.9 Å². The van der Waals surface area contributed by atoms with Gasteiger partial charge in [-0.3, -0.25) is 9.59 Å². The molecule has 2 aliphatic carbocycles. The Kier molecular flexibility index (Phi) is 6.54. The minimum Gasteiger partial charge on any atom is -0.455 e. The van der Waals surface area contributed by atoms with Crippen LogP contribution in [0.15, 0.2) is 46.9 Å². The number of pyridine rings is 1. The molecule has 1 aromatic heterocycles. The Morgan fingerprint density at radius 1 is 1.18 bits per heavy atom. The first-order valence-electron chi connectivity index (χ1n) is 13.4. The average Bonchev–Trinajstić information content (AvgIpc) is 3.43. The number of halogens is 1. The van der Waals surface area contributed by atoms with E-state index < -0.39 is 5.60 Å². The predicted octanol–water partition coefficient (Wildman–Crippen LogP) is 5.74. The van der Waals surface area contributed by atoms with Crippen molar-refractivity contribution in [3.63, 3.8) is 0 Å². The number of rotatable bonds is 7. The van der Waals surface area contributed by atoms with E-state index in [1.54, 1.807) is 45.9 Å². The lowest BCUT2D eigenvalue weighted by Crippen LogP contribution is -2.26. The van der Waals surface area contributed by atoms with E-state index in [0.717, 1.165) is 12.8 Å². The standard InChI is InChI=1S/C32H35FN2O4/c1-7-34-30(37)20-14-23-25(15-20)35(17-24(28(23)36)32(6)10-11-32)26-16-21(31(4,5)38)8-9-27(26)39-29-18(2)12-22(33)13-19(29)3/h8-9,12-13,15-17,38H,7,10-11,14H2,1-6H3,(H,34,37). The zero-order chi connectivity index (χ0) is 28.3. The van der Waals surface area contributed by atoms with Gasteiger partial charge < -0.3 is 19.7 Å². The SMILES string of the molecule is CCNC(=O)C1=Cc2c(c(=O)c(C3(C)CC3)cn2-c2cc(C(C)(C)O)ccc2Oc2c(C)cc(F)cc2C)C1. The summed E-state index contributed by atoms with van der Waals surface area (Å²) >= 11 is 0. The van der Waals surface area contributed by atoms with E-state index in [-0.39, 0.29) is 29.0 Å². The molecule has 0 spiro atoms. The molecule has 0 radical (unpaired) electrons. The molecule has 5 rings (SSSR count). The zero-order valence-electron chi connectivity index (χ0n) is 23.4. The fourth-order valence-corrected chi connectivity index (χ4v) is 5.26. The molecule has 39 heavy (non-hydrogen) atoms. The normalized spacial score (nSPS) is 15.5. The fraction of sp³-hybridized carbons (Fsp3) is 0.375. The Morgan fingerprint density at radius 2 is 1.85 bits per heavy atom. The lowest BCUT2D eigenvalue weighted by Gasteiger charge is -2.24. The minimum absolute atomic E-state index is 0.0249. The number of benzene rings is 2. The number of amides is 1. The first-order chi connectivity index (χ1) is 18.3. The van der Waals surface area contributed by atoms with Gasteiger partial charge in [0.2, 0.25) is 5.91 Å². The molecule has 1 fully saturated rings. The molecule has 2 aliphatic rings. The van der Waals surface area contributed by atoms with Gasteiger partial charge in [-0.15, -0.1) is 0 Å². The molecule has 1 amide bonds. The van der Waals surface area contributed by atoms with Crippen LogP contribution < -0.4 is 15.5 Å². The smallest absolute Gasteiger partial charge is 0.247 e. The number of carbonyl (C=O) groups is 1. The highest BCUT2D eigenvalue weighted by molar-refractivity contribution is 6.00. The molecule has 0 saturated heterocycles. The third kappa shape index (κ3) is 4.91. The highest BCUT2D eigenvalue weighted by Crippen LogP contribution is 2.47. The summed E-state index contributed by atoms with van der Waals surface area (Å²) in [7, 11) is 0. The molecule has 0 atom stereocenters. The number of carbonyl (C=O) groups excluding carboxylic acids is 1. The molecule has 1 heterocycles. The van der Waals surface area contributed by atoms with Crippen molar-refractivity contribution in [2.75, 3.05) is 6.54 Å². The first-order valence-corrected chi connectivity index (χ1v) is 13.4. The maximum absolute atomic E-state index is 14.0. The average molecular weight is 531 g/mol. The molecule has 2 aromatic carbocycles. The van der Waals surface area contributed by atoms with Gasteiger partial charge >= 0.3 is 0 Å². The molecular weight excluding hydrogens is 495 g/mol. The van der Waals surface area contributed by atoms with E-state index in [0.29, 0.717) is 62.8 Å². The molecule has 2 N–H and O–H groups in total. The second-order valence-corrected chi connectivity index (χ2v) is 11.6. The summed E-state index contributed by atoms with van der Waals surface area (Å²) in [4.78, 5) is 26.5. The summed E-state index contributed by atoms with van der Waals surface area (Å²) in [5, 5.41) is 13.7. The van der Waals surface area contributed by atoms with Crippen molar-refractivity contribution in [2.24, 2.45) is 0 Å². The first kappa shape index (κ1) is 26.9. The quantitative estimate of drug-likeness (QED) is 0.408. The minimum atomic E-state index is -1.13. The fourth-order valence-electron chi connectivity index (χ4n) is 5.26. The summed E-state index contributed by atoms with van der Waals surface area (Å²) < 4.78 is 22.4. The Bertz CT molecular complexity index is 1570.